The molecule has 0 aliphatic carbocycles. The van der Waals surface area contributed by atoms with E-state index in [0.717, 1.165) is 36.3 Å². The fraction of sp³-hybridized carbons (Fsp3) is 0.438. The summed E-state index contributed by atoms with van der Waals surface area (Å²) in [5.41, 5.74) is 8.07. The van der Waals surface area contributed by atoms with Crippen LogP contribution in [0.4, 0.5) is 0 Å². The van der Waals surface area contributed by atoms with Gasteiger partial charge in [-0.05, 0) is 31.9 Å². The lowest BCUT2D eigenvalue weighted by Crippen LogP contribution is -2.22. The molecule has 0 aliphatic rings. The van der Waals surface area contributed by atoms with Gasteiger partial charge in [-0.15, -0.1) is 0 Å². The first-order chi connectivity index (χ1) is 10.1. The van der Waals surface area contributed by atoms with E-state index < -0.39 is 0 Å². The van der Waals surface area contributed by atoms with Crippen molar-refractivity contribution in [2.45, 2.75) is 45.9 Å². The number of rotatable bonds is 7. The average molecular weight is 308 g/mol. The molecule has 0 saturated carbocycles. The maximum absolute atomic E-state index is 6.29. The molecule has 0 radical (unpaired) electrons. The fourth-order valence-corrected chi connectivity index (χ4v) is 2.34. The number of benzene rings is 1. The van der Waals surface area contributed by atoms with Gasteiger partial charge in [-0.3, -0.25) is 4.68 Å². The predicted molar refractivity (Wildman–Crippen MR) is 85.7 cm³/mol. The van der Waals surface area contributed by atoms with E-state index in [1.165, 1.54) is 0 Å². The molecule has 1 aromatic heterocycles. The van der Waals surface area contributed by atoms with Crippen LogP contribution in [-0.2, 0) is 19.6 Å². The van der Waals surface area contributed by atoms with Crippen molar-refractivity contribution in [3.8, 4) is 5.75 Å². The van der Waals surface area contributed by atoms with Crippen LogP contribution >= 0.6 is 11.6 Å². The van der Waals surface area contributed by atoms with E-state index in [4.69, 9.17) is 22.1 Å². The van der Waals surface area contributed by atoms with E-state index in [-0.39, 0.29) is 6.04 Å². The summed E-state index contributed by atoms with van der Waals surface area (Å²) < 4.78 is 7.79. The van der Waals surface area contributed by atoms with Crippen LogP contribution in [0.5, 0.6) is 5.75 Å². The van der Waals surface area contributed by atoms with Crippen molar-refractivity contribution in [3.05, 3.63) is 46.7 Å². The lowest BCUT2D eigenvalue weighted by atomic mass is 10.0. The first-order valence-electron chi connectivity index (χ1n) is 7.31. The maximum atomic E-state index is 6.29. The SMILES string of the molecule is CCC(N)Cc1c(Cl)cccc1OCc1cnn(CC)c1. The standard InChI is InChI=1S/C16H22ClN3O/c1-3-13(18)8-14-15(17)6-5-7-16(14)21-11-12-9-19-20(4-2)10-12/h5-7,9-10,13H,3-4,8,11,18H2,1-2H3. The summed E-state index contributed by atoms with van der Waals surface area (Å²) >= 11 is 6.29. The molecule has 0 bridgehead atoms. The van der Waals surface area contributed by atoms with Crippen LogP contribution in [-0.4, -0.2) is 15.8 Å². The summed E-state index contributed by atoms with van der Waals surface area (Å²) in [6, 6.07) is 5.80. The van der Waals surface area contributed by atoms with Crippen LogP contribution < -0.4 is 10.5 Å². The van der Waals surface area contributed by atoms with E-state index in [0.29, 0.717) is 11.6 Å². The Morgan fingerprint density at radius 2 is 2.19 bits per heavy atom. The average Bonchev–Trinajstić information content (AvgIpc) is 2.95. The van der Waals surface area contributed by atoms with Crippen molar-refractivity contribution in [1.82, 2.24) is 9.78 Å². The number of ether oxygens (including phenoxy) is 1. The molecule has 0 aliphatic heterocycles. The first kappa shape index (κ1) is 15.9. The number of aryl methyl sites for hydroxylation is 1. The zero-order chi connectivity index (χ0) is 15.2. The molecule has 21 heavy (non-hydrogen) atoms. The maximum Gasteiger partial charge on any atom is 0.124 e. The number of hydrogen-bond donors (Lipinski definition) is 1. The summed E-state index contributed by atoms with van der Waals surface area (Å²) in [7, 11) is 0. The van der Waals surface area contributed by atoms with Crippen molar-refractivity contribution < 1.29 is 4.74 Å². The Hall–Kier alpha value is -1.52. The Morgan fingerprint density at radius 1 is 1.38 bits per heavy atom. The highest BCUT2D eigenvalue weighted by Gasteiger charge is 2.12. The minimum Gasteiger partial charge on any atom is -0.488 e. The van der Waals surface area contributed by atoms with Gasteiger partial charge in [0.1, 0.15) is 12.4 Å². The van der Waals surface area contributed by atoms with Gasteiger partial charge in [-0.25, -0.2) is 0 Å². The topological polar surface area (TPSA) is 53.1 Å². The van der Waals surface area contributed by atoms with Gasteiger partial charge in [0.2, 0.25) is 0 Å². The van der Waals surface area contributed by atoms with Gasteiger partial charge < -0.3 is 10.5 Å². The van der Waals surface area contributed by atoms with Gasteiger partial charge in [0.05, 0.1) is 6.20 Å². The van der Waals surface area contributed by atoms with Crippen LogP contribution in [0.2, 0.25) is 5.02 Å². The van der Waals surface area contributed by atoms with Crippen LogP contribution in [0.25, 0.3) is 0 Å². The number of aromatic nitrogens is 2. The molecular weight excluding hydrogens is 286 g/mol. The van der Waals surface area contributed by atoms with Gasteiger partial charge in [0.25, 0.3) is 0 Å². The molecule has 0 amide bonds. The van der Waals surface area contributed by atoms with Gasteiger partial charge in [-0.1, -0.05) is 24.6 Å². The zero-order valence-electron chi connectivity index (χ0n) is 12.6. The third-order valence-corrected chi connectivity index (χ3v) is 3.83. The van der Waals surface area contributed by atoms with Gasteiger partial charge >= 0.3 is 0 Å². The second-order valence-electron chi connectivity index (χ2n) is 5.08. The van der Waals surface area contributed by atoms with E-state index in [9.17, 15) is 0 Å². The van der Waals surface area contributed by atoms with E-state index in [2.05, 4.69) is 18.9 Å². The minimum absolute atomic E-state index is 0.0927. The predicted octanol–water partition coefficient (Wildman–Crippen LogP) is 3.42. The second-order valence-corrected chi connectivity index (χ2v) is 5.49. The normalized spacial score (nSPS) is 12.4. The monoisotopic (exact) mass is 307 g/mol. The van der Waals surface area contributed by atoms with E-state index >= 15 is 0 Å². The first-order valence-corrected chi connectivity index (χ1v) is 7.68. The Bertz CT molecular complexity index is 583. The Kier molecular flexibility index (Phi) is 5.65. The Balaban J connectivity index is 2.10. The Labute approximate surface area is 130 Å². The molecule has 1 unspecified atom stereocenters. The molecule has 2 aromatic rings. The molecule has 5 heteroatoms. The molecule has 0 fully saturated rings. The lowest BCUT2D eigenvalue weighted by Gasteiger charge is -2.15. The zero-order valence-corrected chi connectivity index (χ0v) is 13.3. The molecule has 1 aromatic carbocycles. The van der Waals surface area contributed by atoms with Crippen molar-refractivity contribution in [3.63, 3.8) is 0 Å². The lowest BCUT2D eigenvalue weighted by molar-refractivity contribution is 0.302. The van der Waals surface area contributed by atoms with Crippen molar-refractivity contribution in [2.75, 3.05) is 0 Å². The van der Waals surface area contributed by atoms with Gasteiger partial charge in [0.15, 0.2) is 0 Å². The molecule has 1 heterocycles. The molecule has 2 rings (SSSR count). The molecule has 1 atom stereocenters. The smallest absolute Gasteiger partial charge is 0.124 e. The van der Waals surface area contributed by atoms with E-state index in [1.54, 1.807) is 0 Å². The van der Waals surface area contributed by atoms with Crippen LogP contribution in [0.15, 0.2) is 30.6 Å². The molecule has 114 valence electrons. The highest BCUT2D eigenvalue weighted by molar-refractivity contribution is 6.31. The third kappa shape index (κ3) is 4.22. The number of nitrogens with two attached hydrogens (primary N) is 1. The van der Waals surface area contributed by atoms with Crippen LogP contribution in [0.3, 0.4) is 0 Å². The summed E-state index contributed by atoms with van der Waals surface area (Å²) in [5.74, 6) is 0.802. The number of nitrogens with zero attached hydrogens (tertiary/aromatic N) is 2. The summed E-state index contributed by atoms with van der Waals surface area (Å²) in [6.07, 6.45) is 5.45. The molecule has 4 nitrogen and oxygen atoms in total. The third-order valence-electron chi connectivity index (χ3n) is 3.47. The van der Waals surface area contributed by atoms with Crippen LogP contribution in [0.1, 0.15) is 31.4 Å². The largest absolute Gasteiger partial charge is 0.488 e. The number of halogens is 1. The summed E-state index contributed by atoms with van der Waals surface area (Å²) in [6.45, 7) is 5.46. The van der Waals surface area contributed by atoms with Crippen molar-refractivity contribution in [1.29, 1.82) is 0 Å². The molecular formula is C16H22ClN3O. The van der Waals surface area contributed by atoms with Crippen molar-refractivity contribution >= 4 is 11.6 Å². The van der Waals surface area contributed by atoms with Crippen LogP contribution in [0, 0.1) is 0 Å². The van der Waals surface area contributed by atoms with Crippen molar-refractivity contribution in [2.24, 2.45) is 5.73 Å². The van der Waals surface area contributed by atoms with Gasteiger partial charge in [0, 0.05) is 34.9 Å². The highest BCUT2D eigenvalue weighted by atomic mass is 35.5. The molecule has 2 N–H and O–H groups in total. The highest BCUT2D eigenvalue weighted by Crippen LogP contribution is 2.28. The second kappa shape index (κ2) is 7.48. The fourth-order valence-electron chi connectivity index (χ4n) is 2.09. The van der Waals surface area contributed by atoms with E-state index in [1.807, 2.05) is 35.3 Å². The quantitative estimate of drug-likeness (QED) is 0.853. The van der Waals surface area contributed by atoms with Gasteiger partial charge in [-0.2, -0.15) is 5.10 Å². The number of hydrogen-bond acceptors (Lipinski definition) is 3. The summed E-state index contributed by atoms with van der Waals surface area (Å²) in [5, 5.41) is 4.95. The molecule has 0 saturated heterocycles. The molecule has 0 spiro atoms. The summed E-state index contributed by atoms with van der Waals surface area (Å²) in [4.78, 5) is 0. The Morgan fingerprint density at radius 3 is 2.86 bits per heavy atom. The minimum atomic E-state index is 0.0927.